The number of rotatable bonds is 5. The van der Waals surface area contributed by atoms with Gasteiger partial charge in [-0.15, -0.1) is 11.3 Å². The van der Waals surface area contributed by atoms with Crippen molar-refractivity contribution in [2.24, 2.45) is 5.92 Å². The monoisotopic (exact) mass is 348 g/mol. The van der Waals surface area contributed by atoms with E-state index in [4.69, 9.17) is 5.11 Å². The lowest BCUT2D eigenvalue weighted by atomic mass is 9.86. The molecule has 1 amide bonds. The number of benzene rings is 1. The quantitative estimate of drug-likeness (QED) is 0.872. The molecule has 0 aliphatic heterocycles. The Morgan fingerprint density at radius 3 is 2.83 bits per heavy atom. The van der Waals surface area contributed by atoms with Crippen molar-refractivity contribution < 1.29 is 14.3 Å². The summed E-state index contributed by atoms with van der Waals surface area (Å²) in [4.78, 5) is 16.7. The molecule has 6 heteroatoms. The molecule has 0 atom stereocenters. The highest BCUT2D eigenvalue weighted by molar-refractivity contribution is 7.09. The third-order valence-electron chi connectivity index (χ3n) is 4.47. The number of aromatic nitrogens is 1. The van der Waals surface area contributed by atoms with Gasteiger partial charge < -0.3 is 10.4 Å². The summed E-state index contributed by atoms with van der Waals surface area (Å²) in [6, 6.07) is 6.59. The Morgan fingerprint density at radius 1 is 1.33 bits per heavy atom. The van der Waals surface area contributed by atoms with Gasteiger partial charge in [0.15, 0.2) is 0 Å². The summed E-state index contributed by atoms with van der Waals surface area (Å²) in [5.74, 6) is -0.0417. The van der Waals surface area contributed by atoms with Crippen molar-refractivity contribution in [3.05, 3.63) is 51.7 Å². The number of hydrogen-bond donors (Lipinski definition) is 2. The first-order valence-electron chi connectivity index (χ1n) is 8.24. The Labute approximate surface area is 144 Å². The summed E-state index contributed by atoms with van der Waals surface area (Å²) in [6.07, 6.45) is 4.22. The van der Waals surface area contributed by atoms with Crippen molar-refractivity contribution in [1.82, 2.24) is 10.3 Å². The predicted octanol–water partition coefficient (Wildman–Crippen LogP) is 3.15. The summed E-state index contributed by atoms with van der Waals surface area (Å²) >= 11 is 1.42. The molecule has 1 aromatic heterocycles. The van der Waals surface area contributed by atoms with Gasteiger partial charge >= 0.3 is 0 Å². The molecule has 128 valence electrons. The van der Waals surface area contributed by atoms with Crippen LogP contribution in [0.2, 0.25) is 0 Å². The zero-order valence-electron chi connectivity index (χ0n) is 13.4. The lowest BCUT2D eigenvalue weighted by Crippen LogP contribution is -2.38. The van der Waals surface area contributed by atoms with Gasteiger partial charge in [-0.2, -0.15) is 0 Å². The standard InChI is InChI=1S/C18H21FN2O2S/c19-14-3-1-2-13(8-14)9-17-21-16(11-24-17)18(23)20-15-6-4-12(10-22)5-7-15/h1-3,8,11-12,15,22H,4-7,9-10H2,(H,20,23). The summed E-state index contributed by atoms with van der Waals surface area (Å²) in [7, 11) is 0. The number of nitrogens with one attached hydrogen (secondary N) is 1. The Balaban J connectivity index is 1.56. The van der Waals surface area contributed by atoms with E-state index in [1.807, 2.05) is 6.07 Å². The maximum absolute atomic E-state index is 13.2. The molecule has 1 fully saturated rings. The van der Waals surface area contributed by atoms with Gasteiger partial charge in [-0.3, -0.25) is 4.79 Å². The molecular weight excluding hydrogens is 327 g/mol. The molecule has 1 aliphatic carbocycles. The summed E-state index contributed by atoms with van der Waals surface area (Å²) in [5.41, 5.74) is 1.27. The average molecular weight is 348 g/mol. The molecule has 0 saturated heterocycles. The van der Waals surface area contributed by atoms with Crippen LogP contribution in [0.4, 0.5) is 4.39 Å². The first-order valence-corrected chi connectivity index (χ1v) is 9.12. The topological polar surface area (TPSA) is 62.2 Å². The minimum atomic E-state index is -0.263. The summed E-state index contributed by atoms with van der Waals surface area (Å²) in [6.45, 7) is 0.232. The fourth-order valence-corrected chi connectivity index (χ4v) is 3.88. The normalized spacial score (nSPS) is 20.8. The molecule has 2 aromatic rings. The molecule has 3 rings (SSSR count). The van der Waals surface area contributed by atoms with Crippen LogP contribution in [-0.4, -0.2) is 28.6 Å². The van der Waals surface area contributed by atoms with Crippen LogP contribution < -0.4 is 5.32 Å². The van der Waals surface area contributed by atoms with E-state index in [1.165, 1.54) is 23.5 Å². The lowest BCUT2D eigenvalue weighted by molar-refractivity contribution is 0.0909. The van der Waals surface area contributed by atoms with E-state index < -0.39 is 0 Å². The highest BCUT2D eigenvalue weighted by atomic mass is 32.1. The molecule has 0 radical (unpaired) electrons. The molecule has 0 spiro atoms. The minimum absolute atomic E-state index is 0.149. The molecule has 0 bridgehead atoms. The number of thiazole rings is 1. The van der Waals surface area contributed by atoms with E-state index >= 15 is 0 Å². The number of aliphatic hydroxyl groups excluding tert-OH is 1. The van der Waals surface area contributed by atoms with Gasteiger partial charge in [-0.25, -0.2) is 9.37 Å². The first-order chi connectivity index (χ1) is 11.6. The van der Waals surface area contributed by atoms with Crippen LogP contribution >= 0.6 is 11.3 Å². The Hall–Kier alpha value is -1.79. The molecular formula is C18H21FN2O2S. The van der Waals surface area contributed by atoms with Crippen LogP contribution in [0.25, 0.3) is 0 Å². The van der Waals surface area contributed by atoms with Crippen molar-refractivity contribution in [2.45, 2.75) is 38.1 Å². The van der Waals surface area contributed by atoms with Gasteiger partial charge in [-0.05, 0) is 49.3 Å². The fraction of sp³-hybridized carbons (Fsp3) is 0.444. The summed E-state index contributed by atoms with van der Waals surface area (Å²) < 4.78 is 13.2. The number of aliphatic hydroxyl groups is 1. The van der Waals surface area contributed by atoms with E-state index in [-0.39, 0.29) is 24.4 Å². The van der Waals surface area contributed by atoms with Crippen LogP contribution in [0.15, 0.2) is 29.6 Å². The molecule has 1 aromatic carbocycles. The van der Waals surface area contributed by atoms with Crippen molar-refractivity contribution in [1.29, 1.82) is 0 Å². The Morgan fingerprint density at radius 2 is 2.12 bits per heavy atom. The molecule has 24 heavy (non-hydrogen) atoms. The van der Waals surface area contributed by atoms with Gasteiger partial charge in [0.05, 0.1) is 5.01 Å². The van der Waals surface area contributed by atoms with Gasteiger partial charge in [-0.1, -0.05) is 12.1 Å². The molecule has 1 saturated carbocycles. The third-order valence-corrected chi connectivity index (χ3v) is 5.32. The fourth-order valence-electron chi connectivity index (χ4n) is 3.07. The zero-order chi connectivity index (χ0) is 16.9. The maximum Gasteiger partial charge on any atom is 0.270 e. The number of hydrogen-bond acceptors (Lipinski definition) is 4. The van der Waals surface area contributed by atoms with Gasteiger partial charge in [0, 0.05) is 24.4 Å². The average Bonchev–Trinajstić information content (AvgIpc) is 3.04. The predicted molar refractivity (Wildman–Crippen MR) is 91.6 cm³/mol. The Kier molecular flexibility index (Phi) is 5.58. The number of halogens is 1. The molecule has 1 aliphatic rings. The van der Waals surface area contributed by atoms with Crippen molar-refractivity contribution in [2.75, 3.05) is 6.61 Å². The number of carbonyl (C=O) groups excluding carboxylic acids is 1. The van der Waals surface area contributed by atoms with E-state index in [0.29, 0.717) is 18.0 Å². The minimum Gasteiger partial charge on any atom is -0.396 e. The summed E-state index contributed by atoms with van der Waals surface area (Å²) in [5, 5.41) is 14.7. The van der Waals surface area contributed by atoms with E-state index in [9.17, 15) is 9.18 Å². The number of carbonyl (C=O) groups is 1. The molecule has 2 N–H and O–H groups in total. The van der Waals surface area contributed by atoms with E-state index in [1.54, 1.807) is 11.4 Å². The second-order valence-electron chi connectivity index (χ2n) is 6.31. The Bertz CT molecular complexity index is 696. The van der Waals surface area contributed by atoms with Crippen LogP contribution in [0, 0.1) is 11.7 Å². The smallest absolute Gasteiger partial charge is 0.270 e. The number of amides is 1. The third kappa shape index (κ3) is 4.39. The van der Waals surface area contributed by atoms with E-state index in [0.717, 1.165) is 36.3 Å². The lowest BCUT2D eigenvalue weighted by Gasteiger charge is -2.27. The van der Waals surface area contributed by atoms with Crippen LogP contribution in [0.3, 0.4) is 0 Å². The van der Waals surface area contributed by atoms with E-state index in [2.05, 4.69) is 10.3 Å². The van der Waals surface area contributed by atoms with Gasteiger partial charge in [0.2, 0.25) is 0 Å². The van der Waals surface area contributed by atoms with Crippen molar-refractivity contribution in [3.63, 3.8) is 0 Å². The molecule has 0 unspecified atom stereocenters. The SMILES string of the molecule is O=C(NC1CCC(CO)CC1)c1csc(Cc2cccc(F)c2)n1. The van der Waals surface area contributed by atoms with Crippen molar-refractivity contribution >= 4 is 17.2 Å². The van der Waals surface area contributed by atoms with Crippen LogP contribution in [0.1, 0.15) is 46.7 Å². The highest BCUT2D eigenvalue weighted by Crippen LogP contribution is 2.24. The largest absolute Gasteiger partial charge is 0.396 e. The highest BCUT2D eigenvalue weighted by Gasteiger charge is 2.23. The second-order valence-corrected chi connectivity index (χ2v) is 7.25. The van der Waals surface area contributed by atoms with Crippen LogP contribution in [-0.2, 0) is 6.42 Å². The van der Waals surface area contributed by atoms with Gasteiger partial charge in [0.25, 0.3) is 5.91 Å². The van der Waals surface area contributed by atoms with Crippen molar-refractivity contribution in [3.8, 4) is 0 Å². The maximum atomic E-state index is 13.2. The van der Waals surface area contributed by atoms with Crippen LogP contribution in [0.5, 0.6) is 0 Å². The first kappa shape index (κ1) is 17.0. The molecule has 4 nitrogen and oxygen atoms in total. The second kappa shape index (κ2) is 7.85. The zero-order valence-corrected chi connectivity index (χ0v) is 14.2. The van der Waals surface area contributed by atoms with Gasteiger partial charge in [0.1, 0.15) is 11.5 Å². The number of nitrogens with zero attached hydrogens (tertiary/aromatic N) is 1. The molecule has 1 heterocycles.